The number of anilines is 1. The van der Waals surface area contributed by atoms with Crippen molar-refractivity contribution in [1.82, 2.24) is 15.1 Å². The topological polar surface area (TPSA) is 59.4 Å². The van der Waals surface area contributed by atoms with Gasteiger partial charge in [0.2, 0.25) is 0 Å². The van der Waals surface area contributed by atoms with Crippen LogP contribution in [0.25, 0.3) is 6.08 Å². The van der Waals surface area contributed by atoms with Gasteiger partial charge >= 0.3 is 0 Å². The molecule has 0 spiro atoms. The number of amides is 1. The van der Waals surface area contributed by atoms with E-state index in [2.05, 4.69) is 26.3 Å². The average Bonchev–Trinajstić information content (AvgIpc) is 3.01. The van der Waals surface area contributed by atoms with Gasteiger partial charge in [0.25, 0.3) is 5.91 Å². The molecule has 1 fully saturated rings. The zero-order valence-corrected chi connectivity index (χ0v) is 14.8. The summed E-state index contributed by atoms with van der Waals surface area (Å²) in [6, 6.07) is 7.23. The van der Waals surface area contributed by atoms with Crippen molar-refractivity contribution in [3.63, 3.8) is 0 Å². The molecule has 23 heavy (non-hydrogen) atoms. The number of hydrogen-bond donors (Lipinski definition) is 1. The van der Waals surface area contributed by atoms with Crippen LogP contribution in [-0.4, -0.2) is 27.9 Å². The quantitative estimate of drug-likeness (QED) is 0.642. The third kappa shape index (κ3) is 2.75. The minimum atomic E-state index is -0.243. The molecule has 118 valence electrons. The first-order chi connectivity index (χ1) is 11.0. The van der Waals surface area contributed by atoms with E-state index >= 15 is 0 Å². The Labute approximate surface area is 146 Å². The molecule has 1 aliphatic heterocycles. The summed E-state index contributed by atoms with van der Waals surface area (Å²) in [4.78, 5) is 14.2. The highest BCUT2D eigenvalue weighted by Crippen LogP contribution is 2.31. The number of nitrogens with one attached hydrogen (secondary N) is 1. The highest BCUT2D eigenvalue weighted by atomic mass is 79.9. The normalized spacial score (nSPS) is 16.1. The van der Waals surface area contributed by atoms with Gasteiger partial charge in [-0.25, -0.2) is 4.90 Å². The Bertz CT molecular complexity index is 811. The molecular weight excluding hydrogens is 380 g/mol. The Hall–Kier alpha value is -2.19. The van der Waals surface area contributed by atoms with E-state index in [-0.39, 0.29) is 5.91 Å². The van der Waals surface area contributed by atoms with Crippen LogP contribution in [0.2, 0.25) is 0 Å². The number of thiocarbonyl (C=S) groups is 1. The lowest BCUT2D eigenvalue weighted by Crippen LogP contribution is -2.30. The summed E-state index contributed by atoms with van der Waals surface area (Å²) in [5.41, 5.74) is 1.75. The number of ether oxygens (including phenoxy) is 1. The number of halogens is 1. The molecule has 1 saturated heterocycles. The number of carbonyl (C=O) groups is 1. The molecule has 0 aliphatic carbocycles. The van der Waals surface area contributed by atoms with Crippen molar-refractivity contribution in [2.75, 3.05) is 12.0 Å². The summed E-state index contributed by atoms with van der Waals surface area (Å²) in [5, 5.41) is 7.38. The molecule has 0 saturated carbocycles. The minimum absolute atomic E-state index is 0.243. The highest BCUT2D eigenvalue weighted by molar-refractivity contribution is 9.10. The molecule has 8 heteroatoms. The largest absolute Gasteiger partial charge is 0.495 e. The number of carbonyl (C=O) groups excluding carboxylic acids is 1. The highest BCUT2D eigenvalue weighted by Gasteiger charge is 2.33. The van der Waals surface area contributed by atoms with Crippen molar-refractivity contribution in [3.05, 3.63) is 46.3 Å². The van der Waals surface area contributed by atoms with Crippen LogP contribution in [0.1, 0.15) is 5.69 Å². The summed E-state index contributed by atoms with van der Waals surface area (Å²) >= 11 is 8.72. The van der Waals surface area contributed by atoms with Crippen LogP contribution in [0.4, 0.5) is 5.69 Å². The van der Waals surface area contributed by atoms with Gasteiger partial charge in [0.05, 0.1) is 29.2 Å². The molecule has 1 N–H and O–H groups in total. The molecule has 2 heterocycles. The van der Waals surface area contributed by atoms with Crippen LogP contribution in [0, 0.1) is 0 Å². The second kappa shape index (κ2) is 6.13. The van der Waals surface area contributed by atoms with Crippen LogP contribution in [0.3, 0.4) is 0 Å². The Balaban J connectivity index is 2.01. The molecule has 0 radical (unpaired) electrons. The molecule has 1 aromatic carbocycles. The minimum Gasteiger partial charge on any atom is -0.495 e. The summed E-state index contributed by atoms with van der Waals surface area (Å²) in [5.74, 6) is 0.334. The van der Waals surface area contributed by atoms with E-state index in [4.69, 9.17) is 17.0 Å². The molecule has 1 aromatic heterocycles. The fraction of sp³-hybridized carbons (Fsp3) is 0.133. The monoisotopic (exact) mass is 392 g/mol. The van der Waals surface area contributed by atoms with Gasteiger partial charge in [0.1, 0.15) is 11.4 Å². The van der Waals surface area contributed by atoms with Crippen LogP contribution in [-0.2, 0) is 11.8 Å². The molecule has 1 aliphatic rings. The van der Waals surface area contributed by atoms with Crippen LogP contribution in [0.15, 0.2) is 40.6 Å². The fourth-order valence-corrected chi connectivity index (χ4v) is 3.04. The number of methoxy groups -OCH3 is 1. The van der Waals surface area contributed by atoms with Crippen molar-refractivity contribution in [1.29, 1.82) is 0 Å². The summed E-state index contributed by atoms with van der Waals surface area (Å²) < 4.78 is 7.77. The number of aromatic nitrogens is 2. The van der Waals surface area contributed by atoms with Gasteiger partial charge in [0.15, 0.2) is 5.11 Å². The van der Waals surface area contributed by atoms with Crippen molar-refractivity contribution in [2.45, 2.75) is 0 Å². The molecule has 0 unspecified atom stereocenters. The van der Waals surface area contributed by atoms with E-state index in [0.29, 0.717) is 22.2 Å². The van der Waals surface area contributed by atoms with Crippen LogP contribution in [0.5, 0.6) is 5.75 Å². The Morgan fingerprint density at radius 1 is 1.39 bits per heavy atom. The van der Waals surface area contributed by atoms with Gasteiger partial charge in [-0.3, -0.25) is 9.48 Å². The first-order valence-electron chi connectivity index (χ1n) is 6.70. The SMILES string of the molecule is COc1ccccc1N1C(=O)/C(=C\c2c(Br)cnn2C)NC1=S. The van der Waals surface area contributed by atoms with Crippen LogP contribution >= 0.6 is 28.1 Å². The van der Waals surface area contributed by atoms with Gasteiger partial charge in [-0.1, -0.05) is 12.1 Å². The molecule has 0 bridgehead atoms. The summed E-state index contributed by atoms with van der Waals surface area (Å²) in [6.45, 7) is 0. The summed E-state index contributed by atoms with van der Waals surface area (Å²) in [6.07, 6.45) is 3.38. The number of benzene rings is 1. The number of nitrogens with zero attached hydrogens (tertiary/aromatic N) is 3. The van der Waals surface area contributed by atoms with E-state index < -0.39 is 0 Å². The average molecular weight is 393 g/mol. The van der Waals surface area contributed by atoms with Gasteiger partial charge in [-0.05, 0) is 46.4 Å². The second-order valence-corrected chi connectivity index (χ2v) is 6.04. The van der Waals surface area contributed by atoms with Crippen LogP contribution < -0.4 is 15.0 Å². The lowest BCUT2D eigenvalue weighted by atomic mass is 10.2. The van der Waals surface area contributed by atoms with Crippen molar-refractivity contribution in [2.24, 2.45) is 7.05 Å². The molecule has 2 aromatic rings. The maximum atomic E-state index is 12.7. The van der Waals surface area contributed by atoms with Crippen molar-refractivity contribution < 1.29 is 9.53 Å². The van der Waals surface area contributed by atoms with E-state index in [1.165, 1.54) is 4.90 Å². The van der Waals surface area contributed by atoms with E-state index in [0.717, 1.165) is 10.2 Å². The van der Waals surface area contributed by atoms with Crippen molar-refractivity contribution in [3.8, 4) is 5.75 Å². The summed E-state index contributed by atoms with van der Waals surface area (Å²) in [7, 11) is 3.35. The Morgan fingerprint density at radius 3 is 2.78 bits per heavy atom. The van der Waals surface area contributed by atoms with Gasteiger partial charge in [-0.15, -0.1) is 0 Å². The van der Waals surface area contributed by atoms with E-state index in [1.54, 1.807) is 43.2 Å². The zero-order chi connectivity index (χ0) is 16.6. The van der Waals surface area contributed by atoms with Gasteiger partial charge in [0, 0.05) is 7.05 Å². The molecule has 1 amide bonds. The number of rotatable bonds is 3. The standard InChI is InChI=1S/C15H13BrN4O2S/c1-19-12(9(16)8-17-19)7-10-14(21)20(15(23)18-10)11-5-3-4-6-13(11)22-2/h3-8H,1-2H3,(H,18,23)/b10-7+. The van der Waals surface area contributed by atoms with Gasteiger partial charge < -0.3 is 10.1 Å². The lowest BCUT2D eigenvalue weighted by Gasteiger charge is -2.17. The Kier molecular flexibility index (Phi) is 4.18. The number of hydrogen-bond acceptors (Lipinski definition) is 4. The van der Waals surface area contributed by atoms with Crippen molar-refractivity contribution >= 4 is 50.9 Å². The Morgan fingerprint density at radius 2 is 2.13 bits per heavy atom. The predicted molar refractivity (Wildman–Crippen MR) is 95.1 cm³/mol. The molecule has 3 rings (SSSR count). The number of para-hydroxylation sites is 2. The smallest absolute Gasteiger partial charge is 0.281 e. The van der Waals surface area contributed by atoms with E-state index in [9.17, 15) is 4.79 Å². The zero-order valence-electron chi connectivity index (χ0n) is 12.4. The molecule has 0 atom stereocenters. The maximum absolute atomic E-state index is 12.7. The first-order valence-corrected chi connectivity index (χ1v) is 7.90. The first kappa shape index (κ1) is 15.7. The lowest BCUT2D eigenvalue weighted by molar-refractivity contribution is -0.113. The third-order valence-corrected chi connectivity index (χ3v) is 4.32. The second-order valence-electron chi connectivity index (χ2n) is 4.80. The van der Waals surface area contributed by atoms with Gasteiger partial charge in [-0.2, -0.15) is 5.10 Å². The molecule has 6 nitrogen and oxygen atoms in total. The fourth-order valence-electron chi connectivity index (χ4n) is 2.29. The third-order valence-electron chi connectivity index (χ3n) is 3.42. The molecular formula is C15H13BrN4O2S. The number of aryl methyl sites for hydroxylation is 1. The predicted octanol–water partition coefficient (Wildman–Crippen LogP) is 2.45. The van der Waals surface area contributed by atoms with E-state index in [1.807, 2.05) is 12.1 Å². The maximum Gasteiger partial charge on any atom is 0.281 e.